The van der Waals surface area contributed by atoms with Gasteiger partial charge in [0.05, 0.1) is 12.1 Å². The van der Waals surface area contributed by atoms with Gasteiger partial charge in [0.2, 0.25) is 0 Å². The second-order valence-corrected chi connectivity index (χ2v) is 5.85. The molecule has 3 N–H and O–H groups in total. The van der Waals surface area contributed by atoms with Crippen molar-refractivity contribution in [3.8, 4) is 11.8 Å². The van der Waals surface area contributed by atoms with E-state index in [9.17, 15) is 4.79 Å². The zero-order valence-corrected chi connectivity index (χ0v) is 12.6. The van der Waals surface area contributed by atoms with Crippen LogP contribution in [0.3, 0.4) is 0 Å². The average Bonchev–Trinajstić information content (AvgIpc) is 2.44. The van der Waals surface area contributed by atoms with E-state index in [0.717, 1.165) is 18.4 Å². The summed E-state index contributed by atoms with van der Waals surface area (Å²) in [7, 11) is 0. The van der Waals surface area contributed by atoms with Crippen LogP contribution in [0.5, 0.6) is 0 Å². The molecule has 0 bridgehead atoms. The number of hydrogen-bond acceptors (Lipinski definition) is 3. The minimum atomic E-state index is -0.169. The molecule has 1 aliphatic rings. The number of nitrogens with two attached hydrogens (primary N) is 1. The second kappa shape index (κ2) is 6.75. The third-order valence-corrected chi connectivity index (χ3v) is 3.51. The van der Waals surface area contributed by atoms with Crippen molar-refractivity contribution in [1.82, 2.24) is 5.32 Å². The summed E-state index contributed by atoms with van der Waals surface area (Å²) in [6.07, 6.45) is 1.69. The molecular weight excluding hydrogens is 264 g/mol. The van der Waals surface area contributed by atoms with E-state index in [1.54, 1.807) is 12.1 Å². The Morgan fingerprint density at radius 3 is 2.76 bits per heavy atom. The molecule has 0 saturated carbocycles. The molecular formula is C17H22N2O2. The zero-order valence-electron chi connectivity index (χ0n) is 12.6. The number of amides is 1. The fourth-order valence-electron chi connectivity index (χ4n) is 2.48. The van der Waals surface area contributed by atoms with Gasteiger partial charge in [-0.3, -0.25) is 4.79 Å². The van der Waals surface area contributed by atoms with Crippen LogP contribution < -0.4 is 11.1 Å². The molecule has 4 heteroatoms. The van der Waals surface area contributed by atoms with Crippen molar-refractivity contribution < 1.29 is 9.53 Å². The van der Waals surface area contributed by atoms with Crippen molar-refractivity contribution in [2.75, 3.05) is 13.2 Å². The summed E-state index contributed by atoms with van der Waals surface area (Å²) in [5, 5.41) is 3.08. The fraction of sp³-hybridized carbons (Fsp3) is 0.471. The Morgan fingerprint density at radius 1 is 1.43 bits per heavy atom. The Morgan fingerprint density at radius 2 is 2.14 bits per heavy atom. The molecule has 0 aromatic heterocycles. The van der Waals surface area contributed by atoms with Crippen molar-refractivity contribution in [1.29, 1.82) is 0 Å². The van der Waals surface area contributed by atoms with Crippen LogP contribution in [0.2, 0.25) is 0 Å². The van der Waals surface area contributed by atoms with Gasteiger partial charge in [0.25, 0.3) is 5.91 Å². The van der Waals surface area contributed by atoms with E-state index >= 15 is 0 Å². The first kappa shape index (κ1) is 15.6. The monoisotopic (exact) mass is 286 g/mol. The standard InChI is InChI=1S/C17H22N2O2/c1-17(2)12-15(9-11-21-17)19-16(20)14-7-5-13(6-8-14)4-3-10-18/h5-8,15H,9-12,18H2,1-2H3,(H,19,20). The summed E-state index contributed by atoms with van der Waals surface area (Å²) in [4.78, 5) is 12.2. The van der Waals surface area contributed by atoms with Crippen LogP contribution in [-0.4, -0.2) is 30.7 Å². The molecule has 0 spiro atoms. The van der Waals surface area contributed by atoms with Crippen LogP contribution in [0.1, 0.15) is 42.6 Å². The van der Waals surface area contributed by atoms with E-state index in [2.05, 4.69) is 31.0 Å². The minimum absolute atomic E-state index is 0.0453. The lowest BCUT2D eigenvalue weighted by atomic mass is 9.93. The first-order valence-corrected chi connectivity index (χ1v) is 7.24. The van der Waals surface area contributed by atoms with E-state index in [4.69, 9.17) is 10.5 Å². The Bertz CT molecular complexity index is 552. The van der Waals surface area contributed by atoms with Crippen LogP contribution in [0.25, 0.3) is 0 Å². The molecule has 1 amide bonds. The molecule has 2 rings (SSSR count). The molecule has 1 aromatic rings. The fourth-order valence-corrected chi connectivity index (χ4v) is 2.48. The van der Waals surface area contributed by atoms with Crippen molar-refractivity contribution in [2.45, 2.75) is 38.3 Å². The molecule has 4 nitrogen and oxygen atoms in total. The highest BCUT2D eigenvalue weighted by molar-refractivity contribution is 5.94. The lowest BCUT2D eigenvalue weighted by Gasteiger charge is -2.35. The van der Waals surface area contributed by atoms with Gasteiger partial charge in [-0.25, -0.2) is 0 Å². The maximum atomic E-state index is 12.2. The Labute approximate surface area is 126 Å². The molecule has 21 heavy (non-hydrogen) atoms. The first-order chi connectivity index (χ1) is 10.00. The van der Waals surface area contributed by atoms with Crippen LogP contribution >= 0.6 is 0 Å². The van der Waals surface area contributed by atoms with Gasteiger partial charge in [-0.1, -0.05) is 11.8 Å². The van der Waals surface area contributed by atoms with Gasteiger partial charge in [-0.05, 0) is 51.0 Å². The summed E-state index contributed by atoms with van der Waals surface area (Å²) >= 11 is 0. The minimum Gasteiger partial charge on any atom is -0.375 e. The molecule has 1 heterocycles. The number of rotatable bonds is 2. The second-order valence-electron chi connectivity index (χ2n) is 5.85. The lowest BCUT2D eigenvalue weighted by molar-refractivity contribution is -0.0615. The number of benzene rings is 1. The summed E-state index contributed by atoms with van der Waals surface area (Å²) in [5.41, 5.74) is 6.68. The largest absolute Gasteiger partial charge is 0.375 e. The molecule has 1 saturated heterocycles. The van der Waals surface area contributed by atoms with E-state index in [1.165, 1.54) is 0 Å². The Kier molecular flexibility index (Phi) is 5.00. The summed E-state index contributed by atoms with van der Waals surface area (Å²) in [6.45, 7) is 5.12. The maximum Gasteiger partial charge on any atom is 0.251 e. The number of ether oxygens (including phenoxy) is 1. The molecule has 1 atom stereocenters. The molecule has 1 fully saturated rings. The summed E-state index contributed by atoms with van der Waals surface area (Å²) in [6, 6.07) is 7.43. The van der Waals surface area contributed by atoms with Crippen molar-refractivity contribution in [2.24, 2.45) is 5.73 Å². The number of nitrogens with one attached hydrogen (secondary N) is 1. The van der Waals surface area contributed by atoms with E-state index in [0.29, 0.717) is 18.7 Å². The molecule has 112 valence electrons. The number of carbonyl (C=O) groups is 1. The number of carbonyl (C=O) groups excluding carboxylic acids is 1. The quantitative estimate of drug-likeness (QED) is 0.813. The Hall–Kier alpha value is -1.83. The summed E-state index contributed by atoms with van der Waals surface area (Å²) in [5.74, 6) is 5.69. The predicted molar refractivity (Wildman–Crippen MR) is 82.9 cm³/mol. The molecule has 0 aliphatic carbocycles. The van der Waals surface area contributed by atoms with E-state index in [-0.39, 0.29) is 17.6 Å². The summed E-state index contributed by atoms with van der Waals surface area (Å²) < 4.78 is 5.66. The van der Waals surface area contributed by atoms with Crippen molar-refractivity contribution in [3.05, 3.63) is 35.4 Å². The van der Waals surface area contributed by atoms with E-state index in [1.807, 2.05) is 12.1 Å². The number of hydrogen-bond donors (Lipinski definition) is 2. The van der Waals surface area contributed by atoms with Crippen LogP contribution in [0.15, 0.2) is 24.3 Å². The van der Waals surface area contributed by atoms with Gasteiger partial charge in [-0.2, -0.15) is 0 Å². The topological polar surface area (TPSA) is 64.4 Å². The highest BCUT2D eigenvalue weighted by atomic mass is 16.5. The van der Waals surface area contributed by atoms with Crippen LogP contribution in [0.4, 0.5) is 0 Å². The van der Waals surface area contributed by atoms with Gasteiger partial charge < -0.3 is 15.8 Å². The van der Waals surface area contributed by atoms with Gasteiger partial charge in [0.1, 0.15) is 0 Å². The smallest absolute Gasteiger partial charge is 0.251 e. The Balaban J connectivity index is 1.97. The van der Waals surface area contributed by atoms with Crippen molar-refractivity contribution >= 4 is 5.91 Å². The highest BCUT2D eigenvalue weighted by Gasteiger charge is 2.29. The third-order valence-electron chi connectivity index (χ3n) is 3.51. The molecule has 1 unspecified atom stereocenters. The normalized spacial score (nSPS) is 20.2. The lowest BCUT2D eigenvalue weighted by Crippen LogP contribution is -2.45. The molecule has 0 radical (unpaired) electrons. The van der Waals surface area contributed by atoms with Crippen LogP contribution in [0, 0.1) is 11.8 Å². The highest BCUT2D eigenvalue weighted by Crippen LogP contribution is 2.24. The van der Waals surface area contributed by atoms with Gasteiger partial charge in [0.15, 0.2) is 0 Å². The van der Waals surface area contributed by atoms with Gasteiger partial charge in [0, 0.05) is 23.8 Å². The van der Waals surface area contributed by atoms with Gasteiger partial charge >= 0.3 is 0 Å². The van der Waals surface area contributed by atoms with E-state index < -0.39 is 0 Å². The van der Waals surface area contributed by atoms with Crippen molar-refractivity contribution in [3.63, 3.8) is 0 Å². The van der Waals surface area contributed by atoms with Gasteiger partial charge in [-0.15, -0.1) is 0 Å². The molecule has 1 aliphatic heterocycles. The molecule has 1 aromatic carbocycles. The predicted octanol–water partition coefficient (Wildman–Crippen LogP) is 1.68. The first-order valence-electron chi connectivity index (χ1n) is 7.24. The SMILES string of the molecule is CC1(C)CC(NC(=O)c2ccc(C#CCN)cc2)CCO1. The average molecular weight is 286 g/mol. The maximum absolute atomic E-state index is 12.2. The van der Waals surface area contributed by atoms with Crippen LogP contribution in [-0.2, 0) is 4.74 Å². The zero-order chi connectivity index (χ0) is 15.3. The third kappa shape index (κ3) is 4.59.